The molecule has 0 aliphatic carbocycles. The number of hydrogen-bond acceptors (Lipinski definition) is 7. The van der Waals surface area contributed by atoms with Gasteiger partial charge in [0.25, 0.3) is 5.91 Å². The first-order valence-corrected chi connectivity index (χ1v) is 13.0. The van der Waals surface area contributed by atoms with E-state index in [1.807, 2.05) is 17.9 Å². The van der Waals surface area contributed by atoms with E-state index < -0.39 is 0 Å². The lowest BCUT2D eigenvalue weighted by atomic mass is 10.0. The van der Waals surface area contributed by atoms with Crippen LogP contribution in [0.5, 0.6) is 0 Å². The fraction of sp³-hybridized carbons (Fsp3) is 0.615. The van der Waals surface area contributed by atoms with E-state index in [0.29, 0.717) is 43.7 Å². The van der Waals surface area contributed by atoms with E-state index in [2.05, 4.69) is 25.8 Å². The molecule has 1 aromatic carbocycles. The molecule has 0 radical (unpaired) electrons. The van der Waals surface area contributed by atoms with Gasteiger partial charge in [0.2, 0.25) is 5.91 Å². The Hall–Kier alpha value is -3.20. The van der Waals surface area contributed by atoms with E-state index >= 15 is 0 Å². The highest BCUT2D eigenvalue weighted by Gasteiger charge is 2.22. The van der Waals surface area contributed by atoms with Gasteiger partial charge in [-0.15, -0.1) is 0 Å². The number of urea groups is 1. The SMILES string of the molecule is CC(CCNC(=O)c1ccc(NC(=O)N2CCN(CCN3CCOCC3)CC2)cc1)CC(=O)NCC#N. The van der Waals surface area contributed by atoms with Crippen molar-refractivity contribution in [3.8, 4) is 6.07 Å². The number of amides is 4. The standard InChI is InChI=1S/C26H39N7O4/c1-21(20-24(34)28-9-7-27)6-8-29-25(35)22-2-4-23(5-3-22)30-26(36)33-14-12-31(13-15-33)10-11-32-16-18-37-19-17-32/h2-5,21H,6,8-20H2,1H3,(H,28,34)(H,29,35)(H,30,36). The maximum Gasteiger partial charge on any atom is 0.321 e. The van der Waals surface area contributed by atoms with Crippen LogP contribution in [-0.4, -0.2) is 111 Å². The number of rotatable bonds is 11. The first kappa shape index (κ1) is 28.4. The highest BCUT2D eigenvalue weighted by atomic mass is 16.5. The number of anilines is 1. The van der Waals surface area contributed by atoms with Crippen LogP contribution in [0.1, 0.15) is 30.1 Å². The summed E-state index contributed by atoms with van der Waals surface area (Å²) in [7, 11) is 0. The maximum absolute atomic E-state index is 12.7. The minimum atomic E-state index is -0.202. The maximum atomic E-state index is 12.7. The van der Waals surface area contributed by atoms with Crippen LogP contribution < -0.4 is 16.0 Å². The van der Waals surface area contributed by atoms with E-state index in [1.165, 1.54) is 0 Å². The number of benzene rings is 1. The molecule has 0 bridgehead atoms. The van der Waals surface area contributed by atoms with Crippen LogP contribution in [0.15, 0.2) is 24.3 Å². The summed E-state index contributed by atoms with van der Waals surface area (Å²) >= 11 is 0. The predicted octanol–water partition coefficient (Wildman–Crippen LogP) is 0.954. The van der Waals surface area contributed by atoms with Crippen LogP contribution in [0.4, 0.5) is 10.5 Å². The van der Waals surface area contributed by atoms with Crippen LogP contribution in [0.2, 0.25) is 0 Å². The van der Waals surface area contributed by atoms with Crippen LogP contribution in [-0.2, 0) is 9.53 Å². The van der Waals surface area contributed by atoms with Gasteiger partial charge >= 0.3 is 6.03 Å². The smallest absolute Gasteiger partial charge is 0.321 e. The molecular weight excluding hydrogens is 474 g/mol. The largest absolute Gasteiger partial charge is 0.379 e. The van der Waals surface area contributed by atoms with Crippen molar-refractivity contribution in [2.45, 2.75) is 19.8 Å². The van der Waals surface area contributed by atoms with Gasteiger partial charge in [-0.25, -0.2) is 4.79 Å². The van der Waals surface area contributed by atoms with Gasteiger partial charge in [-0.05, 0) is 36.6 Å². The van der Waals surface area contributed by atoms with Crippen molar-refractivity contribution < 1.29 is 19.1 Å². The normalized spacial score (nSPS) is 17.5. The zero-order valence-electron chi connectivity index (χ0n) is 21.7. The fourth-order valence-electron chi connectivity index (χ4n) is 4.35. The van der Waals surface area contributed by atoms with Crippen molar-refractivity contribution in [2.75, 3.05) is 84.0 Å². The second-order valence-corrected chi connectivity index (χ2v) is 9.58. The van der Waals surface area contributed by atoms with Crippen LogP contribution in [0.25, 0.3) is 0 Å². The molecule has 4 amide bonds. The number of hydrogen-bond donors (Lipinski definition) is 3. The third kappa shape index (κ3) is 9.99. The summed E-state index contributed by atoms with van der Waals surface area (Å²) < 4.78 is 5.40. The van der Waals surface area contributed by atoms with Gasteiger partial charge < -0.3 is 25.6 Å². The minimum Gasteiger partial charge on any atom is -0.379 e. The van der Waals surface area contributed by atoms with Crippen LogP contribution in [0, 0.1) is 17.2 Å². The zero-order valence-corrected chi connectivity index (χ0v) is 21.7. The highest BCUT2D eigenvalue weighted by Crippen LogP contribution is 2.12. The lowest BCUT2D eigenvalue weighted by Gasteiger charge is -2.36. The number of nitrogens with one attached hydrogen (secondary N) is 3. The van der Waals surface area contributed by atoms with Gasteiger partial charge in [0.15, 0.2) is 0 Å². The number of carbonyl (C=O) groups excluding carboxylic acids is 3. The molecule has 3 N–H and O–H groups in total. The second kappa shape index (κ2) is 15.1. The average Bonchev–Trinajstić information content (AvgIpc) is 2.92. The Morgan fingerprint density at radius 3 is 2.27 bits per heavy atom. The summed E-state index contributed by atoms with van der Waals surface area (Å²) in [6, 6.07) is 8.58. The third-order valence-electron chi connectivity index (χ3n) is 6.72. The van der Waals surface area contributed by atoms with Crippen molar-refractivity contribution in [1.29, 1.82) is 5.26 Å². The molecule has 2 saturated heterocycles. The van der Waals surface area contributed by atoms with E-state index in [0.717, 1.165) is 52.5 Å². The Kier molecular flexibility index (Phi) is 11.6. The molecule has 11 nitrogen and oxygen atoms in total. The van der Waals surface area contributed by atoms with Crippen LogP contribution in [0.3, 0.4) is 0 Å². The van der Waals surface area contributed by atoms with Gasteiger partial charge in [-0.3, -0.25) is 19.4 Å². The monoisotopic (exact) mass is 513 g/mol. The number of ether oxygens (including phenoxy) is 1. The Morgan fingerprint density at radius 2 is 1.62 bits per heavy atom. The summed E-state index contributed by atoms with van der Waals surface area (Å²) in [5.74, 6) is -0.279. The number of nitriles is 1. The first-order chi connectivity index (χ1) is 17.9. The molecule has 1 unspecified atom stereocenters. The number of carbonyl (C=O) groups is 3. The summed E-state index contributed by atoms with van der Waals surface area (Å²) in [4.78, 5) is 43.4. The van der Waals surface area contributed by atoms with Crippen molar-refractivity contribution in [2.24, 2.45) is 5.92 Å². The van der Waals surface area contributed by atoms with Gasteiger partial charge in [0, 0.05) is 76.6 Å². The van der Waals surface area contributed by atoms with E-state index in [1.54, 1.807) is 24.3 Å². The molecule has 0 spiro atoms. The summed E-state index contributed by atoms with van der Waals surface area (Å²) in [6.45, 7) is 11.1. The average molecular weight is 514 g/mol. The predicted molar refractivity (Wildman–Crippen MR) is 140 cm³/mol. The topological polar surface area (TPSA) is 130 Å². The molecule has 3 rings (SSSR count). The van der Waals surface area contributed by atoms with E-state index in [-0.39, 0.29) is 30.3 Å². The Balaban J connectivity index is 1.32. The molecule has 2 heterocycles. The summed E-state index contributed by atoms with van der Waals surface area (Å²) in [6.07, 6.45) is 0.968. The molecule has 0 aromatic heterocycles. The molecule has 2 aliphatic heterocycles. The minimum absolute atomic E-state index is 0.00507. The molecule has 2 aliphatic rings. The van der Waals surface area contributed by atoms with Gasteiger partial charge in [-0.1, -0.05) is 6.92 Å². The lowest BCUT2D eigenvalue weighted by Crippen LogP contribution is -2.51. The van der Waals surface area contributed by atoms with E-state index in [4.69, 9.17) is 10.00 Å². The van der Waals surface area contributed by atoms with E-state index in [9.17, 15) is 14.4 Å². The molecule has 2 fully saturated rings. The molecule has 1 aromatic rings. The lowest BCUT2D eigenvalue weighted by molar-refractivity contribution is -0.121. The Bertz CT molecular complexity index is 920. The van der Waals surface area contributed by atoms with Gasteiger partial charge in [0.05, 0.1) is 19.3 Å². The first-order valence-electron chi connectivity index (χ1n) is 13.0. The quantitative estimate of drug-likeness (QED) is 0.376. The molecule has 0 saturated carbocycles. The Morgan fingerprint density at radius 1 is 0.973 bits per heavy atom. The number of piperazine rings is 1. The third-order valence-corrected chi connectivity index (χ3v) is 6.72. The van der Waals surface area contributed by atoms with Gasteiger partial charge in [-0.2, -0.15) is 5.26 Å². The molecule has 37 heavy (non-hydrogen) atoms. The highest BCUT2D eigenvalue weighted by molar-refractivity contribution is 5.95. The second-order valence-electron chi connectivity index (χ2n) is 9.58. The summed E-state index contributed by atoms with van der Waals surface area (Å²) in [5.41, 5.74) is 1.15. The van der Waals surface area contributed by atoms with Crippen molar-refractivity contribution in [1.82, 2.24) is 25.3 Å². The fourth-order valence-corrected chi connectivity index (χ4v) is 4.35. The Labute approximate surface area is 219 Å². The molecule has 202 valence electrons. The molecule has 11 heteroatoms. The summed E-state index contributed by atoms with van der Waals surface area (Å²) in [5, 5.41) is 16.8. The van der Waals surface area contributed by atoms with Gasteiger partial charge in [0.1, 0.15) is 6.54 Å². The number of morpholine rings is 1. The van der Waals surface area contributed by atoms with Crippen LogP contribution >= 0.6 is 0 Å². The zero-order chi connectivity index (χ0) is 26.5. The number of nitrogens with zero attached hydrogens (tertiary/aromatic N) is 4. The van der Waals surface area contributed by atoms with Crippen molar-refractivity contribution in [3.63, 3.8) is 0 Å². The van der Waals surface area contributed by atoms with Crippen molar-refractivity contribution in [3.05, 3.63) is 29.8 Å². The van der Waals surface area contributed by atoms with Crippen molar-refractivity contribution >= 4 is 23.5 Å². The molecule has 1 atom stereocenters. The molecular formula is C26H39N7O4.